The molecule has 0 aliphatic heterocycles. The van der Waals surface area contributed by atoms with Crippen LogP contribution in [0.4, 0.5) is 0 Å². The van der Waals surface area contributed by atoms with E-state index in [9.17, 15) is 0 Å². The van der Waals surface area contributed by atoms with E-state index < -0.39 is 0 Å². The van der Waals surface area contributed by atoms with E-state index in [-0.39, 0.29) is 0 Å². The second-order valence-corrected chi connectivity index (χ2v) is 5.68. The van der Waals surface area contributed by atoms with Crippen molar-refractivity contribution < 1.29 is 4.74 Å². The molecule has 0 saturated heterocycles. The summed E-state index contributed by atoms with van der Waals surface area (Å²) >= 11 is 5.50. The van der Waals surface area contributed by atoms with E-state index in [0.717, 1.165) is 41.0 Å². The lowest BCUT2D eigenvalue weighted by Gasteiger charge is -2.14. The minimum absolute atomic E-state index is 0.414. The second kappa shape index (κ2) is 6.93. The van der Waals surface area contributed by atoms with E-state index in [2.05, 4.69) is 36.4 Å². The monoisotopic (exact) mass is 292 g/mol. The number of hydrogen-bond donors (Lipinski definition) is 1. The van der Waals surface area contributed by atoms with Crippen molar-refractivity contribution in [2.75, 3.05) is 6.61 Å². The number of nitrogens with one attached hydrogen (secondary N) is 1. The molecular weight excluding hydrogens is 268 g/mol. The third-order valence-electron chi connectivity index (χ3n) is 3.59. The van der Waals surface area contributed by atoms with Crippen molar-refractivity contribution in [3.63, 3.8) is 0 Å². The van der Waals surface area contributed by atoms with Crippen LogP contribution in [0.15, 0.2) is 18.2 Å². The zero-order chi connectivity index (χ0) is 14.5. The van der Waals surface area contributed by atoms with Crippen LogP contribution in [0.3, 0.4) is 0 Å². The highest BCUT2D eigenvalue weighted by Gasteiger charge is 2.13. The normalized spacial score (nSPS) is 12.8. The summed E-state index contributed by atoms with van der Waals surface area (Å²) in [4.78, 5) is 3.31. The van der Waals surface area contributed by atoms with Crippen molar-refractivity contribution in [1.82, 2.24) is 9.55 Å². The minimum atomic E-state index is 0.414. The van der Waals surface area contributed by atoms with Crippen LogP contribution >= 0.6 is 12.2 Å². The van der Waals surface area contributed by atoms with E-state index in [1.165, 1.54) is 12.8 Å². The van der Waals surface area contributed by atoms with E-state index in [1.54, 1.807) is 0 Å². The maximum atomic E-state index is 5.81. The molecule has 0 aliphatic carbocycles. The van der Waals surface area contributed by atoms with Crippen molar-refractivity contribution in [2.45, 2.75) is 52.5 Å². The number of para-hydroxylation sites is 1. The third kappa shape index (κ3) is 3.06. The Hall–Kier alpha value is -1.29. The van der Waals surface area contributed by atoms with Crippen molar-refractivity contribution >= 4 is 23.3 Å². The molecule has 0 aliphatic rings. The molecule has 0 saturated carbocycles. The lowest BCUT2D eigenvalue weighted by atomic mass is 10.1. The minimum Gasteiger partial charge on any atom is -0.491 e. The number of H-pyrrole nitrogens is 1. The van der Waals surface area contributed by atoms with E-state index in [4.69, 9.17) is 17.0 Å². The van der Waals surface area contributed by atoms with Gasteiger partial charge in [0.25, 0.3) is 0 Å². The largest absolute Gasteiger partial charge is 0.491 e. The van der Waals surface area contributed by atoms with Crippen LogP contribution in [0.2, 0.25) is 0 Å². The number of hydrogen-bond acceptors (Lipinski definition) is 2. The Morgan fingerprint density at radius 1 is 1.30 bits per heavy atom. The quantitative estimate of drug-likeness (QED) is 0.707. The van der Waals surface area contributed by atoms with Crippen molar-refractivity contribution in [1.29, 1.82) is 0 Å². The molecule has 0 bridgehead atoms. The molecule has 2 rings (SSSR count). The van der Waals surface area contributed by atoms with Gasteiger partial charge in [0.2, 0.25) is 0 Å². The number of aromatic amines is 1. The van der Waals surface area contributed by atoms with Gasteiger partial charge in [-0.25, -0.2) is 0 Å². The summed E-state index contributed by atoms with van der Waals surface area (Å²) in [6.07, 6.45) is 4.59. The van der Waals surface area contributed by atoms with Gasteiger partial charge in [0, 0.05) is 6.04 Å². The topological polar surface area (TPSA) is 29.9 Å². The average molecular weight is 292 g/mol. The van der Waals surface area contributed by atoms with Crippen molar-refractivity contribution in [3.8, 4) is 5.75 Å². The molecule has 0 fully saturated rings. The predicted molar refractivity (Wildman–Crippen MR) is 87.1 cm³/mol. The Balaban J connectivity index is 2.41. The molecule has 1 heterocycles. The Morgan fingerprint density at radius 3 is 2.80 bits per heavy atom. The van der Waals surface area contributed by atoms with Crippen LogP contribution in [-0.2, 0) is 0 Å². The first-order valence-electron chi connectivity index (χ1n) is 7.55. The fraction of sp³-hybridized carbons (Fsp3) is 0.562. The standard InChI is InChI=1S/C16H24N2OS/c1-4-6-8-12(3)18-13-9-7-10-14(19-11-5-2)15(13)17-16(18)20/h7,9-10,12H,4-6,8,11H2,1-3H3,(H,17,20). The summed E-state index contributed by atoms with van der Waals surface area (Å²) in [5.41, 5.74) is 2.17. The second-order valence-electron chi connectivity index (χ2n) is 5.29. The first-order chi connectivity index (χ1) is 9.69. The molecular formula is C16H24N2OS. The van der Waals surface area contributed by atoms with Crippen LogP contribution in [0.25, 0.3) is 11.0 Å². The number of rotatable bonds is 7. The van der Waals surface area contributed by atoms with Crippen LogP contribution in [0.1, 0.15) is 52.5 Å². The maximum absolute atomic E-state index is 5.81. The van der Waals surface area contributed by atoms with Gasteiger partial charge in [0.1, 0.15) is 11.3 Å². The molecule has 1 N–H and O–H groups in total. The first-order valence-corrected chi connectivity index (χ1v) is 7.95. The van der Waals surface area contributed by atoms with Gasteiger partial charge >= 0.3 is 0 Å². The molecule has 0 amide bonds. The SMILES string of the molecule is CCCCC(C)n1c(=S)[nH]c2c(OCCC)cccc21. The molecule has 20 heavy (non-hydrogen) atoms. The van der Waals surface area contributed by atoms with Gasteiger partial charge < -0.3 is 14.3 Å². The zero-order valence-corrected chi connectivity index (χ0v) is 13.4. The van der Waals surface area contributed by atoms with Gasteiger partial charge in [-0.2, -0.15) is 0 Å². The predicted octanol–water partition coefficient (Wildman–Crippen LogP) is 5.24. The van der Waals surface area contributed by atoms with Crippen molar-refractivity contribution in [3.05, 3.63) is 23.0 Å². The summed E-state index contributed by atoms with van der Waals surface area (Å²) in [7, 11) is 0. The Kier molecular flexibility index (Phi) is 5.24. The Morgan fingerprint density at radius 2 is 2.10 bits per heavy atom. The number of ether oxygens (including phenoxy) is 1. The van der Waals surface area contributed by atoms with Crippen LogP contribution in [0, 0.1) is 4.77 Å². The lowest BCUT2D eigenvalue weighted by molar-refractivity contribution is 0.320. The van der Waals surface area contributed by atoms with Gasteiger partial charge in [-0.3, -0.25) is 0 Å². The number of unbranched alkanes of at least 4 members (excludes halogenated alkanes) is 1. The van der Waals surface area contributed by atoms with Gasteiger partial charge in [-0.1, -0.05) is 32.8 Å². The fourth-order valence-electron chi connectivity index (χ4n) is 2.52. The molecule has 110 valence electrons. The van der Waals surface area contributed by atoms with Crippen LogP contribution in [-0.4, -0.2) is 16.2 Å². The molecule has 1 aromatic carbocycles. The lowest BCUT2D eigenvalue weighted by Crippen LogP contribution is -2.05. The first kappa shape index (κ1) is 15.1. The van der Waals surface area contributed by atoms with E-state index in [0.29, 0.717) is 6.04 Å². The van der Waals surface area contributed by atoms with Crippen molar-refractivity contribution in [2.24, 2.45) is 0 Å². The molecule has 0 radical (unpaired) electrons. The third-order valence-corrected chi connectivity index (χ3v) is 3.89. The number of nitrogens with zero attached hydrogens (tertiary/aromatic N) is 1. The molecule has 2 aromatic rings. The maximum Gasteiger partial charge on any atom is 0.178 e. The number of imidazole rings is 1. The highest BCUT2D eigenvalue weighted by molar-refractivity contribution is 7.71. The van der Waals surface area contributed by atoms with E-state index in [1.807, 2.05) is 12.1 Å². The fourth-order valence-corrected chi connectivity index (χ4v) is 2.90. The zero-order valence-electron chi connectivity index (χ0n) is 12.6. The smallest absolute Gasteiger partial charge is 0.178 e. The Labute approximate surface area is 126 Å². The summed E-state index contributed by atoms with van der Waals surface area (Å²) in [6.45, 7) is 7.30. The Bertz CT molecular complexity index is 614. The molecule has 0 spiro atoms. The molecule has 1 aromatic heterocycles. The number of fused-ring (bicyclic) bond motifs is 1. The molecule has 4 heteroatoms. The molecule has 1 unspecified atom stereocenters. The van der Waals surface area contributed by atoms with Crippen LogP contribution in [0.5, 0.6) is 5.75 Å². The summed E-state index contributed by atoms with van der Waals surface area (Å²) in [6, 6.07) is 6.57. The van der Waals surface area contributed by atoms with Gasteiger partial charge in [-0.15, -0.1) is 0 Å². The van der Waals surface area contributed by atoms with Crippen LogP contribution < -0.4 is 4.74 Å². The summed E-state index contributed by atoms with van der Waals surface area (Å²) < 4.78 is 8.82. The number of aromatic nitrogens is 2. The molecule has 3 nitrogen and oxygen atoms in total. The summed E-state index contributed by atoms with van der Waals surface area (Å²) in [5.74, 6) is 0.900. The molecule has 1 atom stereocenters. The average Bonchev–Trinajstić information content (AvgIpc) is 2.79. The van der Waals surface area contributed by atoms with Gasteiger partial charge in [-0.05, 0) is 44.1 Å². The highest BCUT2D eigenvalue weighted by Crippen LogP contribution is 2.28. The summed E-state index contributed by atoms with van der Waals surface area (Å²) in [5, 5.41) is 0. The number of benzene rings is 1. The van der Waals surface area contributed by atoms with Gasteiger partial charge in [0.05, 0.1) is 12.1 Å². The van der Waals surface area contributed by atoms with Gasteiger partial charge in [0.15, 0.2) is 4.77 Å². The van der Waals surface area contributed by atoms with E-state index >= 15 is 0 Å². The highest BCUT2D eigenvalue weighted by atomic mass is 32.1.